The van der Waals surface area contributed by atoms with Gasteiger partial charge < -0.3 is 9.80 Å². The third kappa shape index (κ3) is 4.92. The van der Waals surface area contributed by atoms with Crippen molar-refractivity contribution in [3.05, 3.63) is 42.1 Å². The van der Waals surface area contributed by atoms with Gasteiger partial charge in [-0.05, 0) is 30.7 Å². The first-order valence-corrected chi connectivity index (χ1v) is 11.2. The van der Waals surface area contributed by atoms with Crippen LogP contribution in [0.5, 0.6) is 0 Å². The van der Waals surface area contributed by atoms with E-state index in [2.05, 4.69) is 29.3 Å². The third-order valence-electron chi connectivity index (χ3n) is 5.49. The van der Waals surface area contributed by atoms with Gasteiger partial charge in [-0.2, -0.15) is 17.0 Å². The number of benzene rings is 1. The number of piperazine rings is 1. The van der Waals surface area contributed by atoms with Crippen molar-refractivity contribution in [3.8, 4) is 0 Å². The Morgan fingerprint density at radius 3 is 2.18 bits per heavy atom. The highest BCUT2D eigenvalue weighted by Gasteiger charge is 2.34. The molecule has 0 aromatic heterocycles. The maximum absolute atomic E-state index is 12.8. The van der Waals surface area contributed by atoms with Crippen LogP contribution in [-0.2, 0) is 15.0 Å². The quantitative estimate of drug-likeness (QED) is 0.740. The van der Waals surface area contributed by atoms with Gasteiger partial charge in [0.1, 0.15) is 0 Å². The summed E-state index contributed by atoms with van der Waals surface area (Å²) in [5.74, 6) is 0.105. The zero-order valence-corrected chi connectivity index (χ0v) is 17.5. The summed E-state index contributed by atoms with van der Waals surface area (Å²) in [6.07, 6.45) is 5.39. The molecule has 2 heterocycles. The molecule has 28 heavy (non-hydrogen) atoms. The molecule has 0 spiro atoms. The number of rotatable bonds is 5. The molecule has 8 heteroatoms. The van der Waals surface area contributed by atoms with Gasteiger partial charge >= 0.3 is 0 Å². The lowest BCUT2D eigenvalue weighted by Gasteiger charge is -2.38. The molecule has 0 atom stereocenters. The van der Waals surface area contributed by atoms with E-state index in [0.29, 0.717) is 39.0 Å². The van der Waals surface area contributed by atoms with Crippen molar-refractivity contribution >= 4 is 22.2 Å². The highest BCUT2D eigenvalue weighted by atomic mass is 32.2. The molecule has 0 N–H and O–H groups in total. The van der Waals surface area contributed by atoms with Crippen LogP contribution in [0.25, 0.3) is 6.08 Å². The van der Waals surface area contributed by atoms with Crippen LogP contribution in [0.2, 0.25) is 0 Å². The summed E-state index contributed by atoms with van der Waals surface area (Å²) in [5.41, 5.74) is 1.17. The monoisotopic (exact) mass is 406 g/mol. The topological polar surface area (TPSA) is 64.2 Å². The number of amides is 1. The molecule has 0 radical (unpaired) electrons. The Bertz CT molecular complexity index is 779. The van der Waals surface area contributed by atoms with Crippen molar-refractivity contribution < 1.29 is 13.2 Å². The number of carbonyl (C=O) groups excluding carboxylic acids is 1. The van der Waals surface area contributed by atoms with Crippen molar-refractivity contribution in [2.75, 3.05) is 53.4 Å². The fourth-order valence-corrected chi connectivity index (χ4v) is 4.80. The second-order valence-corrected chi connectivity index (χ2v) is 9.69. The Morgan fingerprint density at radius 1 is 1.00 bits per heavy atom. The van der Waals surface area contributed by atoms with E-state index in [-0.39, 0.29) is 11.8 Å². The second kappa shape index (κ2) is 9.07. The Hall–Kier alpha value is -1.90. The molecule has 3 rings (SSSR count). The summed E-state index contributed by atoms with van der Waals surface area (Å²) in [7, 11) is -0.303. The van der Waals surface area contributed by atoms with Crippen LogP contribution in [0.3, 0.4) is 0 Å². The molecular weight excluding hydrogens is 376 g/mol. The predicted molar refractivity (Wildman–Crippen MR) is 111 cm³/mol. The van der Waals surface area contributed by atoms with Gasteiger partial charge in [-0.3, -0.25) is 4.79 Å². The molecule has 2 fully saturated rings. The van der Waals surface area contributed by atoms with Crippen molar-refractivity contribution in [1.82, 2.24) is 18.4 Å². The minimum absolute atomic E-state index is 0.0694. The first-order chi connectivity index (χ1) is 13.4. The molecule has 0 aliphatic carbocycles. The Balaban J connectivity index is 1.46. The molecule has 1 aromatic carbocycles. The molecule has 2 aliphatic rings. The SMILES string of the molecule is CN(C)S(=O)(=O)N1CCC(C(=O)N2CCN(C=Cc3ccccc3)CC2)CC1. The highest BCUT2D eigenvalue weighted by molar-refractivity contribution is 7.86. The van der Waals surface area contributed by atoms with Crippen LogP contribution in [0.4, 0.5) is 0 Å². The predicted octanol–water partition coefficient (Wildman–Crippen LogP) is 1.32. The largest absolute Gasteiger partial charge is 0.374 e. The minimum atomic E-state index is -3.38. The maximum Gasteiger partial charge on any atom is 0.281 e. The standard InChI is InChI=1S/C20H30N4O3S/c1-21(2)28(26,27)24-12-9-19(10-13-24)20(25)23-16-14-22(15-17-23)11-8-18-6-4-3-5-7-18/h3-8,11,19H,9-10,12-17H2,1-2H3. The summed E-state index contributed by atoms with van der Waals surface area (Å²) in [5, 5.41) is 0. The molecule has 2 saturated heterocycles. The smallest absolute Gasteiger partial charge is 0.281 e. The van der Waals surface area contributed by atoms with Gasteiger partial charge in [0.25, 0.3) is 10.2 Å². The van der Waals surface area contributed by atoms with E-state index in [1.807, 2.05) is 23.1 Å². The highest BCUT2D eigenvalue weighted by Crippen LogP contribution is 2.23. The van der Waals surface area contributed by atoms with E-state index in [1.54, 1.807) is 0 Å². The molecule has 0 saturated carbocycles. The average Bonchev–Trinajstić information content (AvgIpc) is 2.73. The third-order valence-corrected chi connectivity index (χ3v) is 7.43. The Morgan fingerprint density at radius 2 is 1.61 bits per heavy atom. The van der Waals surface area contributed by atoms with E-state index in [9.17, 15) is 13.2 Å². The lowest BCUT2D eigenvalue weighted by molar-refractivity contribution is -0.138. The van der Waals surface area contributed by atoms with Crippen LogP contribution in [-0.4, -0.2) is 86.1 Å². The van der Waals surface area contributed by atoms with Gasteiger partial charge in [-0.1, -0.05) is 30.3 Å². The molecular formula is C20H30N4O3S. The van der Waals surface area contributed by atoms with Gasteiger partial charge in [-0.25, -0.2) is 0 Å². The fraction of sp³-hybridized carbons (Fsp3) is 0.550. The summed E-state index contributed by atoms with van der Waals surface area (Å²) >= 11 is 0. The molecule has 1 aromatic rings. The summed E-state index contributed by atoms with van der Waals surface area (Å²) < 4.78 is 27.1. The van der Waals surface area contributed by atoms with E-state index < -0.39 is 10.2 Å². The van der Waals surface area contributed by atoms with Crippen LogP contribution in [0, 0.1) is 5.92 Å². The van der Waals surface area contributed by atoms with Crippen LogP contribution >= 0.6 is 0 Å². The van der Waals surface area contributed by atoms with Crippen LogP contribution in [0.1, 0.15) is 18.4 Å². The molecule has 154 valence electrons. The number of nitrogens with zero attached hydrogens (tertiary/aromatic N) is 4. The second-order valence-electron chi connectivity index (χ2n) is 7.55. The summed E-state index contributed by atoms with van der Waals surface area (Å²) in [6, 6.07) is 10.2. The molecule has 7 nitrogen and oxygen atoms in total. The van der Waals surface area contributed by atoms with Crippen molar-refractivity contribution in [2.24, 2.45) is 5.92 Å². The zero-order chi connectivity index (χ0) is 20.1. The fourth-order valence-electron chi connectivity index (χ4n) is 3.67. The summed E-state index contributed by atoms with van der Waals surface area (Å²) in [6.45, 7) is 3.90. The van der Waals surface area contributed by atoms with Gasteiger partial charge in [0.05, 0.1) is 0 Å². The molecule has 0 unspecified atom stereocenters. The first kappa shape index (κ1) is 20.8. The van der Waals surface area contributed by atoms with E-state index in [4.69, 9.17) is 0 Å². The first-order valence-electron chi connectivity index (χ1n) is 9.81. The lowest BCUT2D eigenvalue weighted by atomic mass is 9.96. The molecule has 0 bridgehead atoms. The molecule has 2 aliphatic heterocycles. The zero-order valence-electron chi connectivity index (χ0n) is 16.7. The van der Waals surface area contributed by atoms with Crippen molar-refractivity contribution in [3.63, 3.8) is 0 Å². The van der Waals surface area contributed by atoms with E-state index in [0.717, 1.165) is 13.1 Å². The van der Waals surface area contributed by atoms with Crippen LogP contribution in [0.15, 0.2) is 36.5 Å². The number of hydrogen-bond acceptors (Lipinski definition) is 4. The van der Waals surface area contributed by atoms with E-state index >= 15 is 0 Å². The lowest BCUT2D eigenvalue weighted by Crippen LogP contribution is -2.51. The van der Waals surface area contributed by atoms with Gasteiger partial charge in [0.2, 0.25) is 5.91 Å². The number of piperidine rings is 1. The molecule has 1 amide bonds. The van der Waals surface area contributed by atoms with Gasteiger partial charge in [0.15, 0.2) is 0 Å². The van der Waals surface area contributed by atoms with Gasteiger partial charge in [-0.15, -0.1) is 0 Å². The Labute approximate surface area is 168 Å². The number of carbonyl (C=O) groups is 1. The number of hydrogen-bond donors (Lipinski definition) is 0. The van der Waals surface area contributed by atoms with E-state index in [1.165, 1.54) is 28.3 Å². The summed E-state index contributed by atoms with van der Waals surface area (Å²) in [4.78, 5) is 17.0. The van der Waals surface area contributed by atoms with Crippen LogP contribution < -0.4 is 0 Å². The van der Waals surface area contributed by atoms with Crippen molar-refractivity contribution in [2.45, 2.75) is 12.8 Å². The van der Waals surface area contributed by atoms with Crippen molar-refractivity contribution in [1.29, 1.82) is 0 Å². The normalized spacial score (nSPS) is 20.2. The average molecular weight is 407 g/mol. The maximum atomic E-state index is 12.8. The minimum Gasteiger partial charge on any atom is -0.374 e. The Kier molecular flexibility index (Phi) is 6.74. The van der Waals surface area contributed by atoms with Gasteiger partial charge in [0, 0.05) is 59.3 Å².